The summed E-state index contributed by atoms with van der Waals surface area (Å²) in [5, 5.41) is 17.8. The van der Waals surface area contributed by atoms with Crippen LogP contribution in [0, 0.1) is 0 Å². The Balaban J connectivity index is 1.86. The van der Waals surface area contributed by atoms with E-state index in [0.717, 1.165) is 11.0 Å². The minimum Gasteiger partial charge on any atom is -0.478 e. The van der Waals surface area contributed by atoms with Gasteiger partial charge >= 0.3 is 17.9 Å². The highest BCUT2D eigenvalue weighted by Crippen LogP contribution is 2.33. The van der Waals surface area contributed by atoms with E-state index < -0.39 is 35.6 Å². The molecule has 0 spiro atoms. The first-order chi connectivity index (χ1) is 14.7. The molecule has 0 unspecified atom stereocenters. The van der Waals surface area contributed by atoms with Crippen molar-refractivity contribution >= 4 is 46.9 Å². The van der Waals surface area contributed by atoms with Crippen LogP contribution in [0.1, 0.15) is 33.4 Å². The summed E-state index contributed by atoms with van der Waals surface area (Å²) in [6.45, 7) is 1.22. The van der Waals surface area contributed by atoms with Gasteiger partial charge in [0.05, 0.1) is 22.6 Å². The van der Waals surface area contributed by atoms with Gasteiger partial charge in [-0.25, -0.2) is 9.59 Å². The minimum absolute atomic E-state index is 0.0284. The van der Waals surface area contributed by atoms with Gasteiger partial charge in [-0.05, 0) is 49.0 Å². The second kappa shape index (κ2) is 8.88. The van der Waals surface area contributed by atoms with Gasteiger partial charge in [-0.1, -0.05) is 0 Å². The summed E-state index contributed by atoms with van der Waals surface area (Å²) in [4.78, 5) is 59.3. The van der Waals surface area contributed by atoms with Crippen LogP contribution in [0.3, 0.4) is 0 Å². The lowest BCUT2D eigenvalue weighted by Crippen LogP contribution is -2.34. The van der Waals surface area contributed by atoms with Crippen LogP contribution >= 0.6 is 11.8 Å². The van der Waals surface area contributed by atoms with Crippen LogP contribution in [0.25, 0.3) is 17.4 Å². The molecule has 1 aliphatic heterocycles. The van der Waals surface area contributed by atoms with Crippen molar-refractivity contribution in [3.05, 3.63) is 52.1 Å². The standard InChI is InChI=1S/C20H15NO9S/c1-2-29-16(22)9-21-17(23)15(31-20(21)28)8-13-3-4-14(30-13)10-5-11(18(24)25)7-12(6-10)19(26)27/h3-8H,2,9H2,1H3,(H,24,25)(H,26,27)/b15-8+. The molecule has 2 N–H and O–H groups in total. The van der Waals surface area contributed by atoms with Crippen molar-refractivity contribution in [1.29, 1.82) is 0 Å². The topological polar surface area (TPSA) is 151 Å². The SMILES string of the molecule is CCOC(=O)CN1C(=O)S/C(=C/c2ccc(-c3cc(C(=O)O)cc(C(=O)O)c3)o2)C1=O. The molecule has 3 rings (SSSR count). The van der Waals surface area contributed by atoms with E-state index in [9.17, 15) is 34.2 Å². The zero-order valence-electron chi connectivity index (χ0n) is 16.0. The highest BCUT2D eigenvalue weighted by Gasteiger charge is 2.36. The fourth-order valence-electron chi connectivity index (χ4n) is 2.70. The van der Waals surface area contributed by atoms with Crippen LogP contribution in [0.5, 0.6) is 0 Å². The molecule has 1 saturated heterocycles. The molecule has 10 nitrogen and oxygen atoms in total. The second-order valence-corrected chi connectivity index (χ2v) is 7.18. The monoisotopic (exact) mass is 445 g/mol. The Morgan fingerprint density at radius 3 is 2.32 bits per heavy atom. The Morgan fingerprint density at radius 1 is 1.10 bits per heavy atom. The Bertz CT molecular complexity index is 1100. The van der Waals surface area contributed by atoms with Gasteiger partial charge in [-0.2, -0.15) is 0 Å². The van der Waals surface area contributed by atoms with E-state index in [-0.39, 0.29) is 39.7 Å². The normalized spacial score (nSPS) is 14.9. The number of thioether (sulfide) groups is 1. The summed E-state index contributed by atoms with van der Waals surface area (Å²) >= 11 is 0.630. The maximum atomic E-state index is 12.4. The van der Waals surface area contributed by atoms with Crippen molar-refractivity contribution in [3.8, 4) is 11.3 Å². The van der Waals surface area contributed by atoms with Crippen LogP contribution in [0.15, 0.2) is 39.7 Å². The summed E-state index contributed by atoms with van der Waals surface area (Å²) in [5.41, 5.74) is -0.242. The average molecular weight is 445 g/mol. The molecule has 1 fully saturated rings. The molecule has 1 aromatic carbocycles. The number of nitrogens with zero attached hydrogens (tertiary/aromatic N) is 1. The molecule has 2 aromatic rings. The zero-order chi connectivity index (χ0) is 22.7. The number of benzene rings is 1. The van der Waals surface area contributed by atoms with Gasteiger partial charge in [0.2, 0.25) is 0 Å². The molecule has 11 heteroatoms. The molecule has 1 aliphatic rings. The third-order valence-electron chi connectivity index (χ3n) is 4.08. The van der Waals surface area contributed by atoms with E-state index in [4.69, 9.17) is 9.15 Å². The Kier molecular flexibility index (Phi) is 6.25. The summed E-state index contributed by atoms with van der Waals surface area (Å²) in [6, 6.07) is 6.48. The predicted molar refractivity (Wildman–Crippen MR) is 107 cm³/mol. The van der Waals surface area contributed by atoms with Gasteiger partial charge in [0.1, 0.15) is 18.1 Å². The number of amides is 2. The number of carbonyl (C=O) groups excluding carboxylic acids is 3. The molecule has 0 aliphatic carbocycles. The fourth-order valence-corrected chi connectivity index (χ4v) is 3.52. The second-order valence-electron chi connectivity index (χ2n) is 6.18. The third-order valence-corrected chi connectivity index (χ3v) is 4.99. The highest BCUT2D eigenvalue weighted by atomic mass is 32.2. The molecule has 1 aromatic heterocycles. The largest absolute Gasteiger partial charge is 0.478 e. The van der Waals surface area contributed by atoms with Gasteiger partial charge in [-0.3, -0.25) is 19.3 Å². The number of rotatable bonds is 7. The van der Waals surface area contributed by atoms with E-state index in [2.05, 4.69) is 0 Å². The number of hydrogen-bond donors (Lipinski definition) is 2. The number of imide groups is 1. The maximum Gasteiger partial charge on any atom is 0.335 e. The molecule has 2 amide bonds. The number of furan rings is 1. The summed E-state index contributed by atoms with van der Waals surface area (Å²) in [5.74, 6) is -3.64. The summed E-state index contributed by atoms with van der Waals surface area (Å²) < 4.78 is 10.3. The number of esters is 1. The quantitative estimate of drug-likeness (QED) is 0.480. The molecule has 0 atom stereocenters. The first kappa shape index (κ1) is 21.8. The maximum absolute atomic E-state index is 12.4. The lowest BCUT2D eigenvalue weighted by Gasteiger charge is -2.10. The van der Waals surface area contributed by atoms with Crippen LogP contribution < -0.4 is 0 Å². The van der Waals surface area contributed by atoms with Crippen molar-refractivity contribution in [1.82, 2.24) is 4.90 Å². The lowest BCUT2D eigenvalue weighted by atomic mass is 10.0. The van der Waals surface area contributed by atoms with Crippen LogP contribution in [-0.2, 0) is 14.3 Å². The van der Waals surface area contributed by atoms with Gasteiger partial charge in [0, 0.05) is 11.6 Å². The number of ether oxygens (including phenoxy) is 1. The van der Waals surface area contributed by atoms with Gasteiger partial charge in [0.25, 0.3) is 11.1 Å². The van der Waals surface area contributed by atoms with E-state index in [0.29, 0.717) is 11.8 Å². The molecular weight excluding hydrogens is 430 g/mol. The van der Waals surface area contributed by atoms with Crippen molar-refractivity contribution in [2.24, 2.45) is 0 Å². The van der Waals surface area contributed by atoms with E-state index in [1.807, 2.05) is 0 Å². The Labute approximate surface area is 179 Å². The number of aromatic carboxylic acids is 2. The average Bonchev–Trinajstić information content (AvgIpc) is 3.28. The minimum atomic E-state index is -1.30. The van der Waals surface area contributed by atoms with Crippen LogP contribution in [0.4, 0.5) is 4.79 Å². The smallest absolute Gasteiger partial charge is 0.335 e. The van der Waals surface area contributed by atoms with Crippen molar-refractivity contribution in [2.75, 3.05) is 13.2 Å². The van der Waals surface area contributed by atoms with Gasteiger partial charge < -0.3 is 19.4 Å². The van der Waals surface area contributed by atoms with Crippen LogP contribution in [-0.4, -0.2) is 57.3 Å². The summed E-state index contributed by atoms with van der Waals surface area (Å²) in [7, 11) is 0. The van der Waals surface area contributed by atoms with Crippen molar-refractivity contribution in [2.45, 2.75) is 6.92 Å². The number of carbonyl (C=O) groups is 5. The molecule has 2 heterocycles. The molecule has 160 valence electrons. The molecular formula is C20H15NO9S. The van der Waals surface area contributed by atoms with E-state index in [1.165, 1.54) is 30.3 Å². The molecule has 0 saturated carbocycles. The zero-order valence-corrected chi connectivity index (χ0v) is 16.8. The van der Waals surface area contributed by atoms with Gasteiger partial charge in [0.15, 0.2) is 0 Å². The van der Waals surface area contributed by atoms with E-state index in [1.54, 1.807) is 6.92 Å². The first-order valence-corrected chi connectivity index (χ1v) is 9.64. The first-order valence-electron chi connectivity index (χ1n) is 8.82. The molecule has 31 heavy (non-hydrogen) atoms. The van der Waals surface area contributed by atoms with Crippen molar-refractivity contribution < 1.29 is 43.3 Å². The Morgan fingerprint density at radius 2 is 1.74 bits per heavy atom. The van der Waals surface area contributed by atoms with Gasteiger partial charge in [-0.15, -0.1) is 0 Å². The lowest BCUT2D eigenvalue weighted by molar-refractivity contribution is -0.145. The number of carboxylic acid groups (broad SMARTS) is 2. The van der Waals surface area contributed by atoms with Crippen molar-refractivity contribution in [3.63, 3.8) is 0 Å². The van der Waals surface area contributed by atoms with E-state index >= 15 is 0 Å². The third kappa shape index (κ3) is 4.83. The summed E-state index contributed by atoms with van der Waals surface area (Å²) in [6.07, 6.45) is 1.30. The molecule has 0 radical (unpaired) electrons. The van der Waals surface area contributed by atoms with Crippen LogP contribution in [0.2, 0.25) is 0 Å². The highest BCUT2D eigenvalue weighted by molar-refractivity contribution is 8.18. The Hall–Kier alpha value is -3.86. The molecule has 0 bridgehead atoms. The predicted octanol–water partition coefficient (Wildman–Crippen LogP) is 2.94. The number of carboxylic acids is 2. The number of hydrogen-bond acceptors (Lipinski definition) is 8. The fraction of sp³-hybridized carbons (Fsp3) is 0.150.